The SMILES string of the molecule is O=C(NCC1CCOCC1)[C@@H]1CN(C(=O)c2cccc(F)c2)[C@@H]2CCO[C@H]21. The molecule has 27 heavy (non-hydrogen) atoms. The number of carbonyl (C=O) groups is 2. The van der Waals surface area contributed by atoms with Gasteiger partial charge in [0.05, 0.1) is 18.1 Å². The zero-order valence-electron chi connectivity index (χ0n) is 15.2. The van der Waals surface area contributed by atoms with Crippen LogP contribution in [0.1, 0.15) is 29.6 Å². The number of hydrogen-bond acceptors (Lipinski definition) is 4. The van der Waals surface area contributed by atoms with E-state index in [1.807, 2.05) is 0 Å². The Balaban J connectivity index is 1.42. The second-order valence-electron chi connectivity index (χ2n) is 7.57. The van der Waals surface area contributed by atoms with Gasteiger partial charge in [0.1, 0.15) is 5.82 Å². The van der Waals surface area contributed by atoms with Gasteiger partial charge in [-0.25, -0.2) is 4.39 Å². The van der Waals surface area contributed by atoms with Gasteiger partial charge >= 0.3 is 0 Å². The lowest BCUT2D eigenvalue weighted by atomic mass is 9.98. The van der Waals surface area contributed by atoms with Crippen LogP contribution in [0.2, 0.25) is 0 Å². The monoisotopic (exact) mass is 376 g/mol. The lowest BCUT2D eigenvalue weighted by molar-refractivity contribution is -0.128. The molecule has 0 radical (unpaired) electrons. The highest BCUT2D eigenvalue weighted by Gasteiger charge is 2.50. The van der Waals surface area contributed by atoms with Crippen LogP contribution in [0.25, 0.3) is 0 Å². The van der Waals surface area contributed by atoms with Gasteiger partial charge < -0.3 is 19.7 Å². The third-order valence-electron chi connectivity index (χ3n) is 5.87. The standard InChI is InChI=1S/C20H25FN2O4/c21-15-3-1-2-14(10-15)20(25)23-12-16(18-17(23)6-9-27-18)19(24)22-11-13-4-7-26-8-5-13/h1-3,10,13,16-18H,4-9,11-12H2,(H,22,24)/t16-,17-,18+/m1/s1. The predicted molar refractivity (Wildman–Crippen MR) is 95.6 cm³/mol. The van der Waals surface area contributed by atoms with Crippen molar-refractivity contribution in [3.63, 3.8) is 0 Å². The molecule has 0 bridgehead atoms. The Labute approximate surface area is 158 Å². The first kappa shape index (κ1) is 18.4. The molecule has 4 rings (SSSR count). The Morgan fingerprint density at radius 2 is 2.00 bits per heavy atom. The molecule has 0 spiro atoms. The Morgan fingerprint density at radius 1 is 1.19 bits per heavy atom. The zero-order valence-corrected chi connectivity index (χ0v) is 15.2. The summed E-state index contributed by atoms with van der Waals surface area (Å²) in [7, 11) is 0. The summed E-state index contributed by atoms with van der Waals surface area (Å²) in [5.41, 5.74) is 0.309. The number of likely N-dealkylation sites (tertiary alicyclic amines) is 1. The third-order valence-corrected chi connectivity index (χ3v) is 5.87. The Morgan fingerprint density at radius 3 is 2.78 bits per heavy atom. The quantitative estimate of drug-likeness (QED) is 0.867. The van der Waals surface area contributed by atoms with Crippen molar-refractivity contribution in [1.82, 2.24) is 10.2 Å². The molecule has 6 nitrogen and oxygen atoms in total. The van der Waals surface area contributed by atoms with Crippen LogP contribution in [0.15, 0.2) is 24.3 Å². The van der Waals surface area contributed by atoms with Crippen LogP contribution in [-0.4, -0.2) is 61.8 Å². The Hall–Kier alpha value is -1.99. The highest BCUT2D eigenvalue weighted by molar-refractivity contribution is 5.95. The van der Waals surface area contributed by atoms with E-state index in [0.29, 0.717) is 37.6 Å². The van der Waals surface area contributed by atoms with Crippen LogP contribution < -0.4 is 5.32 Å². The molecular formula is C20H25FN2O4. The molecule has 3 aliphatic heterocycles. The van der Waals surface area contributed by atoms with Gasteiger partial charge in [-0.05, 0) is 43.4 Å². The van der Waals surface area contributed by atoms with Gasteiger partial charge in [-0.2, -0.15) is 0 Å². The maximum atomic E-state index is 13.5. The fourth-order valence-corrected chi connectivity index (χ4v) is 4.35. The average molecular weight is 376 g/mol. The van der Waals surface area contributed by atoms with Gasteiger partial charge in [0.2, 0.25) is 5.91 Å². The molecule has 3 saturated heterocycles. The highest BCUT2D eigenvalue weighted by atomic mass is 19.1. The van der Waals surface area contributed by atoms with Crippen LogP contribution in [0.5, 0.6) is 0 Å². The van der Waals surface area contributed by atoms with E-state index in [1.165, 1.54) is 18.2 Å². The van der Waals surface area contributed by atoms with E-state index in [4.69, 9.17) is 9.47 Å². The van der Waals surface area contributed by atoms with E-state index >= 15 is 0 Å². The van der Waals surface area contributed by atoms with Crippen LogP contribution in [0.3, 0.4) is 0 Å². The molecule has 0 saturated carbocycles. The van der Waals surface area contributed by atoms with E-state index in [-0.39, 0.29) is 29.9 Å². The normalized spacial score (nSPS) is 28.2. The van der Waals surface area contributed by atoms with Crippen molar-refractivity contribution < 1.29 is 23.5 Å². The second-order valence-corrected chi connectivity index (χ2v) is 7.57. The fourth-order valence-electron chi connectivity index (χ4n) is 4.35. The number of nitrogens with zero attached hydrogens (tertiary/aromatic N) is 1. The van der Waals surface area contributed by atoms with Gasteiger partial charge in [0.15, 0.2) is 0 Å². The zero-order chi connectivity index (χ0) is 18.8. The van der Waals surface area contributed by atoms with Gasteiger partial charge in [0, 0.05) is 38.5 Å². The van der Waals surface area contributed by atoms with Crippen molar-refractivity contribution in [1.29, 1.82) is 0 Å². The number of ether oxygens (including phenoxy) is 2. The van der Waals surface area contributed by atoms with E-state index in [0.717, 1.165) is 26.1 Å². The van der Waals surface area contributed by atoms with Crippen molar-refractivity contribution in [3.05, 3.63) is 35.6 Å². The average Bonchev–Trinajstić information content (AvgIpc) is 3.29. The van der Waals surface area contributed by atoms with Crippen molar-refractivity contribution in [2.75, 3.05) is 32.9 Å². The number of carbonyl (C=O) groups excluding carboxylic acids is 2. The minimum absolute atomic E-state index is 0.0621. The molecule has 3 heterocycles. The summed E-state index contributed by atoms with van der Waals surface area (Å²) >= 11 is 0. The van der Waals surface area contributed by atoms with E-state index in [9.17, 15) is 14.0 Å². The Kier molecular flexibility index (Phi) is 5.41. The number of fused-ring (bicyclic) bond motifs is 1. The fraction of sp³-hybridized carbons (Fsp3) is 0.600. The summed E-state index contributed by atoms with van der Waals surface area (Å²) in [5, 5.41) is 3.04. The number of amides is 2. The van der Waals surface area contributed by atoms with Gasteiger partial charge in [-0.15, -0.1) is 0 Å². The van der Waals surface area contributed by atoms with E-state index in [1.54, 1.807) is 11.0 Å². The van der Waals surface area contributed by atoms with E-state index < -0.39 is 5.82 Å². The molecule has 7 heteroatoms. The number of rotatable bonds is 4. The minimum Gasteiger partial charge on any atom is -0.381 e. The molecule has 146 valence electrons. The van der Waals surface area contributed by atoms with Crippen molar-refractivity contribution in [3.8, 4) is 0 Å². The Bertz CT molecular complexity index is 707. The first-order valence-corrected chi connectivity index (χ1v) is 9.67. The molecule has 0 aliphatic carbocycles. The molecule has 0 aromatic heterocycles. The largest absolute Gasteiger partial charge is 0.381 e. The van der Waals surface area contributed by atoms with E-state index in [2.05, 4.69) is 5.32 Å². The number of halogens is 1. The number of hydrogen-bond donors (Lipinski definition) is 1. The summed E-state index contributed by atoms with van der Waals surface area (Å²) in [4.78, 5) is 27.3. The van der Waals surface area contributed by atoms with Crippen molar-refractivity contribution >= 4 is 11.8 Å². The topological polar surface area (TPSA) is 67.9 Å². The summed E-state index contributed by atoms with van der Waals surface area (Å²) in [5.74, 6) is -0.683. The molecule has 1 aromatic carbocycles. The first-order chi connectivity index (χ1) is 13.1. The lowest BCUT2D eigenvalue weighted by Crippen LogP contribution is -2.40. The molecule has 1 N–H and O–H groups in total. The highest BCUT2D eigenvalue weighted by Crippen LogP contribution is 2.34. The number of benzene rings is 1. The summed E-state index contributed by atoms with van der Waals surface area (Å²) < 4.78 is 24.6. The van der Waals surface area contributed by atoms with Crippen molar-refractivity contribution in [2.45, 2.75) is 31.4 Å². The molecule has 3 atom stereocenters. The van der Waals surface area contributed by atoms with Gasteiger partial charge in [-0.3, -0.25) is 9.59 Å². The van der Waals surface area contributed by atoms with Gasteiger partial charge in [-0.1, -0.05) is 6.07 Å². The molecule has 3 aliphatic rings. The minimum atomic E-state index is -0.440. The lowest BCUT2D eigenvalue weighted by Gasteiger charge is -2.23. The predicted octanol–water partition coefficient (Wildman–Crippen LogP) is 1.60. The molecular weight excluding hydrogens is 351 g/mol. The summed E-state index contributed by atoms with van der Waals surface area (Å²) in [6.45, 7) is 2.96. The summed E-state index contributed by atoms with van der Waals surface area (Å²) in [6.07, 6.45) is 2.34. The van der Waals surface area contributed by atoms with Crippen molar-refractivity contribution in [2.24, 2.45) is 11.8 Å². The number of nitrogens with one attached hydrogen (secondary N) is 1. The maximum absolute atomic E-state index is 13.5. The molecule has 2 amide bonds. The summed E-state index contributed by atoms with van der Waals surface area (Å²) in [6, 6.07) is 5.56. The van der Waals surface area contributed by atoms with Crippen LogP contribution >= 0.6 is 0 Å². The smallest absolute Gasteiger partial charge is 0.254 e. The van der Waals surface area contributed by atoms with Gasteiger partial charge in [0.25, 0.3) is 5.91 Å². The molecule has 0 unspecified atom stereocenters. The first-order valence-electron chi connectivity index (χ1n) is 9.67. The van der Waals surface area contributed by atoms with Crippen LogP contribution in [0, 0.1) is 17.7 Å². The second kappa shape index (κ2) is 7.94. The molecule has 1 aromatic rings. The maximum Gasteiger partial charge on any atom is 0.254 e. The van der Waals surface area contributed by atoms with Crippen LogP contribution in [0.4, 0.5) is 4.39 Å². The molecule has 3 fully saturated rings. The third kappa shape index (κ3) is 3.84. The van der Waals surface area contributed by atoms with Crippen LogP contribution in [-0.2, 0) is 14.3 Å².